The minimum Gasteiger partial charge on any atom is -0.354 e. The highest BCUT2D eigenvalue weighted by Gasteiger charge is 2.32. The predicted molar refractivity (Wildman–Crippen MR) is 55.0 cm³/mol. The highest BCUT2D eigenvalue weighted by Crippen LogP contribution is 2.27. The fourth-order valence-electron chi connectivity index (χ4n) is 1.13. The van der Waals surface area contributed by atoms with Gasteiger partial charge in [-0.3, -0.25) is 0 Å². The molecule has 1 rings (SSSR count). The minimum atomic E-state index is -4.46. The number of rotatable bonds is 5. The number of unbranched alkanes of at least 4 members (excludes halogenated alkanes) is 2. The van der Waals surface area contributed by atoms with Gasteiger partial charge in [-0.25, -0.2) is 9.97 Å². The zero-order chi connectivity index (χ0) is 12.7. The summed E-state index contributed by atoms with van der Waals surface area (Å²) >= 11 is 0. The Morgan fingerprint density at radius 1 is 1.35 bits per heavy atom. The van der Waals surface area contributed by atoms with E-state index in [0.717, 1.165) is 12.3 Å². The molecule has 0 aliphatic rings. The van der Waals surface area contributed by atoms with Gasteiger partial charge in [0.05, 0.1) is 6.07 Å². The van der Waals surface area contributed by atoms with Crippen molar-refractivity contribution in [3.8, 4) is 6.07 Å². The van der Waals surface area contributed by atoms with Crippen LogP contribution in [0.15, 0.2) is 12.3 Å². The van der Waals surface area contributed by atoms with Gasteiger partial charge >= 0.3 is 6.18 Å². The number of nitriles is 1. The summed E-state index contributed by atoms with van der Waals surface area (Å²) in [6, 6.07) is 2.81. The molecule has 4 nitrogen and oxygen atoms in total. The average molecular weight is 244 g/mol. The molecule has 0 radical (unpaired) electrons. The normalized spacial score (nSPS) is 10.9. The van der Waals surface area contributed by atoms with Crippen LogP contribution in [0.4, 0.5) is 19.1 Å². The second-order valence-electron chi connectivity index (χ2n) is 3.31. The van der Waals surface area contributed by atoms with Crippen molar-refractivity contribution in [3.05, 3.63) is 18.0 Å². The van der Waals surface area contributed by atoms with Crippen molar-refractivity contribution in [2.24, 2.45) is 0 Å². The quantitative estimate of drug-likeness (QED) is 0.809. The van der Waals surface area contributed by atoms with Crippen LogP contribution in [0.5, 0.6) is 0 Å². The Morgan fingerprint density at radius 3 is 2.76 bits per heavy atom. The average Bonchev–Trinajstić information content (AvgIpc) is 2.28. The molecule has 0 fully saturated rings. The van der Waals surface area contributed by atoms with Gasteiger partial charge in [0, 0.05) is 19.2 Å². The molecular formula is C10H11F3N4. The van der Waals surface area contributed by atoms with Gasteiger partial charge in [-0.1, -0.05) is 0 Å². The van der Waals surface area contributed by atoms with Gasteiger partial charge < -0.3 is 5.32 Å². The fraction of sp³-hybridized carbons (Fsp3) is 0.500. The minimum absolute atomic E-state index is 0.0446. The van der Waals surface area contributed by atoms with E-state index in [1.165, 1.54) is 0 Å². The monoisotopic (exact) mass is 244 g/mol. The second-order valence-corrected chi connectivity index (χ2v) is 3.31. The maximum absolute atomic E-state index is 12.3. The Balaban J connectivity index is 2.47. The summed E-state index contributed by atoms with van der Waals surface area (Å²) in [4.78, 5) is 7.03. The van der Waals surface area contributed by atoms with E-state index in [1.54, 1.807) is 0 Å². The third kappa shape index (κ3) is 4.68. The topological polar surface area (TPSA) is 61.6 Å². The summed E-state index contributed by atoms with van der Waals surface area (Å²) < 4.78 is 36.9. The molecule has 7 heteroatoms. The van der Waals surface area contributed by atoms with Gasteiger partial charge in [-0.05, 0) is 18.9 Å². The molecule has 0 aliphatic heterocycles. The lowest BCUT2D eigenvalue weighted by atomic mass is 10.2. The van der Waals surface area contributed by atoms with Crippen molar-refractivity contribution in [3.63, 3.8) is 0 Å². The Bertz CT molecular complexity index is 397. The zero-order valence-corrected chi connectivity index (χ0v) is 8.96. The van der Waals surface area contributed by atoms with Crippen LogP contribution in [0.1, 0.15) is 25.0 Å². The van der Waals surface area contributed by atoms with Crippen LogP contribution in [-0.4, -0.2) is 16.5 Å². The van der Waals surface area contributed by atoms with Crippen molar-refractivity contribution in [2.45, 2.75) is 25.4 Å². The van der Waals surface area contributed by atoms with Gasteiger partial charge in [0.1, 0.15) is 5.69 Å². The Kier molecular flexibility index (Phi) is 4.69. The first-order valence-electron chi connectivity index (χ1n) is 5.05. The summed E-state index contributed by atoms with van der Waals surface area (Å²) in [5.41, 5.74) is -0.966. The first kappa shape index (κ1) is 13.2. The van der Waals surface area contributed by atoms with E-state index >= 15 is 0 Å². The molecule has 0 amide bonds. The van der Waals surface area contributed by atoms with Crippen LogP contribution >= 0.6 is 0 Å². The van der Waals surface area contributed by atoms with Gasteiger partial charge in [0.15, 0.2) is 0 Å². The Hall–Kier alpha value is -1.84. The van der Waals surface area contributed by atoms with E-state index in [4.69, 9.17) is 5.26 Å². The van der Waals surface area contributed by atoms with E-state index in [1.807, 2.05) is 6.07 Å². The van der Waals surface area contributed by atoms with Gasteiger partial charge in [-0.15, -0.1) is 0 Å². The molecule has 1 aromatic rings. The lowest BCUT2D eigenvalue weighted by Gasteiger charge is -2.08. The van der Waals surface area contributed by atoms with Crippen molar-refractivity contribution in [1.29, 1.82) is 5.26 Å². The molecule has 17 heavy (non-hydrogen) atoms. The van der Waals surface area contributed by atoms with Gasteiger partial charge in [-0.2, -0.15) is 18.4 Å². The molecule has 0 aromatic carbocycles. The van der Waals surface area contributed by atoms with E-state index in [-0.39, 0.29) is 5.95 Å². The first-order valence-corrected chi connectivity index (χ1v) is 5.05. The molecule has 0 spiro atoms. The van der Waals surface area contributed by atoms with Crippen molar-refractivity contribution in [1.82, 2.24) is 9.97 Å². The number of hydrogen-bond donors (Lipinski definition) is 1. The highest BCUT2D eigenvalue weighted by atomic mass is 19.4. The summed E-state index contributed by atoms with van der Waals surface area (Å²) in [6.45, 7) is 0.447. The SMILES string of the molecule is N#CCCCCNc1nccc(C(F)(F)F)n1. The molecular weight excluding hydrogens is 233 g/mol. The number of anilines is 1. The van der Waals surface area contributed by atoms with E-state index in [0.29, 0.717) is 25.8 Å². The Morgan fingerprint density at radius 2 is 2.12 bits per heavy atom. The highest BCUT2D eigenvalue weighted by molar-refractivity contribution is 5.25. The lowest BCUT2D eigenvalue weighted by Crippen LogP contribution is -2.12. The van der Waals surface area contributed by atoms with E-state index < -0.39 is 11.9 Å². The maximum atomic E-state index is 12.3. The summed E-state index contributed by atoms with van der Waals surface area (Å²) in [5.74, 6) is -0.0446. The molecule has 0 saturated heterocycles. The summed E-state index contributed by atoms with van der Waals surface area (Å²) in [6.07, 6.45) is -1.58. The number of nitrogens with one attached hydrogen (secondary N) is 1. The first-order chi connectivity index (χ1) is 8.04. The van der Waals surface area contributed by atoms with E-state index in [2.05, 4.69) is 15.3 Å². The molecule has 1 aromatic heterocycles. The van der Waals surface area contributed by atoms with Crippen molar-refractivity contribution < 1.29 is 13.2 Å². The van der Waals surface area contributed by atoms with Crippen LogP contribution in [0.25, 0.3) is 0 Å². The number of hydrogen-bond acceptors (Lipinski definition) is 4. The van der Waals surface area contributed by atoms with Crippen LogP contribution in [-0.2, 0) is 6.18 Å². The zero-order valence-electron chi connectivity index (χ0n) is 8.96. The van der Waals surface area contributed by atoms with Crippen LogP contribution in [0.3, 0.4) is 0 Å². The van der Waals surface area contributed by atoms with Crippen LogP contribution in [0.2, 0.25) is 0 Å². The van der Waals surface area contributed by atoms with Crippen molar-refractivity contribution in [2.75, 3.05) is 11.9 Å². The second kappa shape index (κ2) is 6.03. The maximum Gasteiger partial charge on any atom is 0.433 e. The molecule has 0 saturated carbocycles. The molecule has 0 aliphatic carbocycles. The fourth-order valence-corrected chi connectivity index (χ4v) is 1.13. The number of alkyl halides is 3. The predicted octanol–water partition coefficient (Wildman–Crippen LogP) is 2.60. The molecule has 1 heterocycles. The molecule has 1 N–H and O–H groups in total. The third-order valence-corrected chi connectivity index (χ3v) is 1.94. The third-order valence-electron chi connectivity index (χ3n) is 1.94. The number of halogens is 3. The van der Waals surface area contributed by atoms with Gasteiger partial charge in [0.2, 0.25) is 5.95 Å². The smallest absolute Gasteiger partial charge is 0.354 e. The van der Waals surface area contributed by atoms with Crippen molar-refractivity contribution >= 4 is 5.95 Å². The number of nitrogens with zero attached hydrogens (tertiary/aromatic N) is 3. The van der Waals surface area contributed by atoms with E-state index in [9.17, 15) is 13.2 Å². The summed E-state index contributed by atoms with van der Waals surface area (Å²) in [5, 5.41) is 11.0. The van der Waals surface area contributed by atoms with Gasteiger partial charge in [0.25, 0.3) is 0 Å². The Labute approximate surface area is 96.5 Å². The van der Waals surface area contributed by atoms with Crippen LogP contribution in [0, 0.1) is 11.3 Å². The number of aromatic nitrogens is 2. The largest absolute Gasteiger partial charge is 0.433 e. The molecule has 0 unspecified atom stereocenters. The molecule has 0 bridgehead atoms. The lowest BCUT2D eigenvalue weighted by molar-refractivity contribution is -0.141. The van der Waals surface area contributed by atoms with Crippen LogP contribution < -0.4 is 5.32 Å². The molecule has 92 valence electrons. The summed E-state index contributed by atoms with van der Waals surface area (Å²) in [7, 11) is 0. The molecule has 0 atom stereocenters. The standard InChI is InChI=1S/C10H11F3N4/c11-10(12,13)8-4-7-16-9(17-8)15-6-3-1-2-5-14/h4,7H,1-3,6H2,(H,15,16,17).